The van der Waals surface area contributed by atoms with E-state index in [4.69, 9.17) is 10.00 Å². The molecule has 90 valence electrons. The van der Waals surface area contributed by atoms with E-state index >= 15 is 0 Å². The Bertz CT molecular complexity index is 442. The van der Waals surface area contributed by atoms with Gasteiger partial charge in [0.05, 0.1) is 12.2 Å². The predicted molar refractivity (Wildman–Crippen MR) is 63.3 cm³/mol. The van der Waals surface area contributed by atoms with E-state index in [2.05, 4.69) is 4.90 Å². The van der Waals surface area contributed by atoms with Crippen molar-refractivity contribution in [1.82, 2.24) is 0 Å². The van der Waals surface area contributed by atoms with Crippen LogP contribution in [0.3, 0.4) is 0 Å². The van der Waals surface area contributed by atoms with Crippen molar-refractivity contribution in [2.75, 3.05) is 31.7 Å². The summed E-state index contributed by atoms with van der Waals surface area (Å²) in [5, 5.41) is 8.67. The number of anilines is 1. The predicted octanol–water partition coefficient (Wildman–Crippen LogP) is 2.17. The SMILES string of the molecule is COCC1CCN(c2ccc(C#N)c(F)c2)C1. The largest absolute Gasteiger partial charge is 0.384 e. The van der Waals surface area contributed by atoms with Crippen LogP contribution in [0, 0.1) is 23.1 Å². The fraction of sp³-hybridized carbons (Fsp3) is 0.462. The number of nitriles is 1. The molecule has 1 atom stereocenters. The van der Waals surface area contributed by atoms with Crippen LogP contribution in [0.2, 0.25) is 0 Å². The molecule has 1 aliphatic rings. The molecule has 1 aromatic carbocycles. The highest BCUT2D eigenvalue weighted by atomic mass is 19.1. The lowest BCUT2D eigenvalue weighted by molar-refractivity contribution is 0.161. The molecule has 3 nitrogen and oxygen atoms in total. The Morgan fingerprint density at radius 2 is 2.41 bits per heavy atom. The molecule has 17 heavy (non-hydrogen) atoms. The number of nitrogens with zero attached hydrogens (tertiary/aromatic N) is 2. The van der Waals surface area contributed by atoms with Crippen molar-refractivity contribution in [2.45, 2.75) is 6.42 Å². The van der Waals surface area contributed by atoms with Gasteiger partial charge in [-0.15, -0.1) is 0 Å². The molecule has 1 fully saturated rings. The molecule has 4 heteroatoms. The maximum absolute atomic E-state index is 13.5. The van der Waals surface area contributed by atoms with Crippen LogP contribution in [-0.2, 0) is 4.74 Å². The van der Waals surface area contributed by atoms with E-state index in [1.807, 2.05) is 6.07 Å². The molecule has 1 aromatic rings. The Morgan fingerprint density at radius 1 is 1.59 bits per heavy atom. The average molecular weight is 234 g/mol. The van der Waals surface area contributed by atoms with Gasteiger partial charge in [-0.2, -0.15) is 5.26 Å². The Balaban J connectivity index is 2.09. The van der Waals surface area contributed by atoms with Gasteiger partial charge in [0, 0.05) is 31.8 Å². The highest BCUT2D eigenvalue weighted by Crippen LogP contribution is 2.25. The van der Waals surface area contributed by atoms with Crippen LogP contribution in [0.5, 0.6) is 0 Å². The molecule has 1 heterocycles. The summed E-state index contributed by atoms with van der Waals surface area (Å²) in [5.41, 5.74) is 0.946. The van der Waals surface area contributed by atoms with Crippen LogP contribution in [0.25, 0.3) is 0 Å². The van der Waals surface area contributed by atoms with Crippen LogP contribution >= 0.6 is 0 Å². The minimum absolute atomic E-state index is 0.0985. The molecular weight excluding hydrogens is 219 g/mol. The third-order valence-corrected chi connectivity index (χ3v) is 3.13. The molecule has 0 aromatic heterocycles. The number of hydrogen-bond donors (Lipinski definition) is 0. The number of rotatable bonds is 3. The van der Waals surface area contributed by atoms with Gasteiger partial charge in [0.1, 0.15) is 11.9 Å². The van der Waals surface area contributed by atoms with Crippen LogP contribution in [0.4, 0.5) is 10.1 Å². The summed E-state index contributed by atoms with van der Waals surface area (Å²) in [6, 6.07) is 6.61. The molecular formula is C13H15FN2O. The van der Waals surface area contributed by atoms with E-state index in [1.54, 1.807) is 13.2 Å². The first-order valence-electron chi connectivity index (χ1n) is 5.68. The zero-order chi connectivity index (χ0) is 12.3. The Morgan fingerprint density at radius 3 is 3.06 bits per heavy atom. The number of methoxy groups -OCH3 is 1. The smallest absolute Gasteiger partial charge is 0.143 e. The maximum atomic E-state index is 13.5. The van der Waals surface area contributed by atoms with Crippen molar-refractivity contribution in [3.05, 3.63) is 29.6 Å². The van der Waals surface area contributed by atoms with Gasteiger partial charge in [-0.1, -0.05) is 0 Å². The molecule has 2 rings (SSSR count). The van der Waals surface area contributed by atoms with E-state index in [9.17, 15) is 4.39 Å². The summed E-state index contributed by atoms with van der Waals surface area (Å²) < 4.78 is 18.6. The van der Waals surface area contributed by atoms with Gasteiger partial charge in [0.25, 0.3) is 0 Å². The molecule has 0 saturated carbocycles. The topological polar surface area (TPSA) is 36.3 Å². The molecule has 0 aliphatic carbocycles. The number of benzene rings is 1. The lowest BCUT2D eigenvalue weighted by atomic mass is 10.1. The minimum atomic E-state index is -0.444. The van der Waals surface area contributed by atoms with Gasteiger partial charge in [0.2, 0.25) is 0 Å². The second-order valence-corrected chi connectivity index (χ2v) is 4.33. The maximum Gasteiger partial charge on any atom is 0.143 e. The molecule has 0 radical (unpaired) electrons. The monoisotopic (exact) mass is 234 g/mol. The summed E-state index contributed by atoms with van der Waals surface area (Å²) in [6.45, 7) is 2.55. The zero-order valence-corrected chi connectivity index (χ0v) is 9.82. The quantitative estimate of drug-likeness (QED) is 0.804. The average Bonchev–Trinajstić information content (AvgIpc) is 2.78. The normalized spacial score (nSPS) is 19.4. The van der Waals surface area contributed by atoms with Crippen molar-refractivity contribution < 1.29 is 9.13 Å². The third kappa shape index (κ3) is 2.56. The second kappa shape index (κ2) is 5.15. The lowest BCUT2D eigenvalue weighted by Gasteiger charge is -2.18. The lowest BCUT2D eigenvalue weighted by Crippen LogP contribution is -2.21. The standard InChI is InChI=1S/C13H15FN2O/c1-17-9-10-4-5-16(8-10)12-3-2-11(7-15)13(14)6-12/h2-3,6,10H,4-5,8-9H2,1H3. The fourth-order valence-corrected chi connectivity index (χ4v) is 2.23. The summed E-state index contributed by atoms with van der Waals surface area (Å²) in [7, 11) is 1.70. The van der Waals surface area contributed by atoms with Gasteiger partial charge in [-0.05, 0) is 24.6 Å². The summed E-state index contributed by atoms with van der Waals surface area (Å²) in [6.07, 6.45) is 1.06. The van der Waals surface area contributed by atoms with Crippen molar-refractivity contribution in [1.29, 1.82) is 5.26 Å². The summed E-state index contributed by atoms with van der Waals surface area (Å²) in [4.78, 5) is 2.13. The number of ether oxygens (including phenoxy) is 1. The van der Waals surface area contributed by atoms with Gasteiger partial charge >= 0.3 is 0 Å². The highest BCUT2D eigenvalue weighted by molar-refractivity contribution is 5.51. The minimum Gasteiger partial charge on any atom is -0.384 e. The summed E-state index contributed by atoms with van der Waals surface area (Å²) in [5.74, 6) is 0.0684. The van der Waals surface area contributed by atoms with Gasteiger partial charge in [-0.3, -0.25) is 0 Å². The van der Waals surface area contributed by atoms with Crippen LogP contribution < -0.4 is 4.90 Å². The van der Waals surface area contributed by atoms with Gasteiger partial charge in [-0.25, -0.2) is 4.39 Å². The van der Waals surface area contributed by atoms with Gasteiger partial charge < -0.3 is 9.64 Å². The van der Waals surface area contributed by atoms with Crippen LogP contribution in [0.15, 0.2) is 18.2 Å². The van der Waals surface area contributed by atoms with Gasteiger partial charge in [0.15, 0.2) is 0 Å². The molecule has 0 spiro atoms. The van der Waals surface area contributed by atoms with E-state index in [-0.39, 0.29) is 5.56 Å². The van der Waals surface area contributed by atoms with E-state index in [0.717, 1.165) is 31.8 Å². The van der Waals surface area contributed by atoms with E-state index in [1.165, 1.54) is 12.1 Å². The van der Waals surface area contributed by atoms with Crippen LogP contribution in [0.1, 0.15) is 12.0 Å². The van der Waals surface area contributed by atoms with Crippen molar-refractivity contribution >= 4 is 5.69 Å². The molecule has 0 bridgehead atoms. The Hall–Kier alpha value is -1.60. The first-order valence-corrected chi connectivity index (χ1v) is 5.68. The van der Waals surface area contributed by atoms with Crippen molar-refractivity contribution in [3.8, 4) is 6.07 Å². The zero-order valence-electron chi connectivity index (χ0n) is 9.82. The van der Waals surface area contributed by atoms with E-state index in [0.29, 0.717) is 5.92 Å². The Kier molecular flexibility index (Phi) is 3.60. The van der Waals surface area contributed by atoms with Crippen LogP contribution in [-0.4, -0.2) is 26.8 Å². The fourth-order valence-electron chi connectivity index (χ4n) is 2.23. The first kappa shape index (κ1) is 11.9. The first-order chi connectivity index (χ1) is 8.24. The van der Waals surface area contributed by atoms with Crippen molar-refractivity contribution in [2.24, 2.45) is 5.92 Å². The van der Waals surface area contributed by atoms with Crippen molar-refractivity contribution in [3.63, 3.8) is 0 Å². The molecule has 0 N–H and O–H groups in total. The molecule has 1 unspecified atom stereocenters. The Labute approximate surface area is 100 Å². The second-order valence-electron chi connectivity index (χ2n) is 4.33. The number of halogens is 1. The molecule has 1 saturated heterocycles. The number of hydrogen-bond acceptors (Lipinski definition) is 3. The molecule has 1 aliphatic heterocycles. The molecule has 0 amide bonds. The summed E-state index contributed by atoms with van der Waals surface area (Å²) >= 11 is 0. The van der Waals surface area contributed by atoms with E-state index < -0.39 is 5.82 Å². The third-order valence-electron chi connectivity index (χ3n) is 3.13. The highest BCUT2D eigenvalue weighted by Gasteiger charge is 2.23.